The first-order valence-corrected chi connectivity index (χ1v) is 5.98. The second kappa shape index (κ2) is 5.27. The molecule has 1 aliphatic carbocycles. The number of carbonyl (C=O) groups is 1. The lowest BCUT2D eigenvalue weighted by Gasteiger charge is -2.17. The number of nitrogens with one attached hydrogen (secondary N) is 2. The molecular formula is C11H18N4O2. The number of aryl methyl sites for hydroxylation is 1. The van der Waals surface area contributed by atoms with Gasteiger partial charge in [-0.25, -0.2) is 4.98 Å². The predicted molar refractivity (Wildman–Crippen MR) is 61.4 cm³/mol. The maximum atomic E-state index is 11.7. The molecule has 1 fully saturated rings. The van der Waals surface area contributed by atoms with Gasteiger partial charge in [0.05, 0.1) is 0 Å². The minimum Gasteiger partial charge on any atom is -0.396 e. The van der Waals surface area contributed by atoms with Crippen LogP contribution in [-0.2, 0) is 0 Å². The molecule has 17 heavy (non-hydrogen) atoms. The number of carbonyl (C=O) groups excluding carboxylic acids is 1. The topological polar surface area (TPSA) is 90.9 Å². The number of aromatic amines is 1. The largest absolute Gasteiger partial charge is 0.396 e. The molecule has 0 radical (unpaired) electrons. The number of amides is 1. The van der Waals surface area contributed by atoms with Crippen molar-refractivity contribution in [3.63, 3.8) is 0 Å². The molecule has 3 N–H and O–H groups in total. The van der Waals surface area contributed by atoms with Crippen molar-refractivity contribution in [1.29, 1.82) is 0 Å². The van der Waals surface area contributed by atoms with Crippen molar-refractivity contribution < 1.29 is 9.90 Å². The number of rotatable bonds is 4. The van der Waals surface area contributed by atoms with Gasteiger partial charge in [-0.2, -0.15) is 0 Å². The maximum absolute atomic E-state index is 11.7. The summed E-state index contributed by atoms with van der Waals surface area (Å²) in [7, 11) is 0. The predicted octanol–water partition coefficient (Wildman–Crippen LogP) is 0.252. The molecule has 2 rings (SSSR count). The van der Waals surface area contributed by atoms with E-state index in [4.69, 9.17) is 0 Å². The summed E-state index contributed by atoms with van der Waals surface area (Å²) < 4.78 is 0. The van der Waals surface area contributed by atoms with Crippen LogP contribution in [0.3, 0.4) is 0 Å². The zero-order valence-corrected chi connectivity index (χ0v) is 9.94. The third-order valence-electron chi connectivity index (χ3n) is 3.38. The van der Waals surface area contributed by atoms with Crippen molar-refractivity contribution in [2.45, 2.75) is 26.2 Å². The normalized spacial score (nSPS) is 23.9. The van der Waals surface area contributed by atoms with Gasteiger partial charge in [0.2, 0.25) is 5.82 Å². The van der Waals surface area contributed by atoms with E-state index >= 15 is 0 Å². The summed E-state index contributed by atoms with van der Waals surface area (Å²) in [6.07, 6.45) is 3.25. The Balaban J connectivity index is 1.84. The zero-order chi connectivity index (χ0) is 12.3. The van der Waals surface area contributed by atoms with Crippen LogP contribution in [0.2, 0.25) is 0 Å². The summed E-state index contributed by atoms with van der Waals surface area (Å²) in [6, 6.07) is 0. The molecule has 6 nitrogen and oxygen atoms in total. The third kappa shape index (κ3) is 2.82. The van der Waals surface area contributed by atoms with Gasteiger partial charge < -0.3 is 10.4 Å². The van der Waals surface area contributed by atoms with Gasteiger partial charge in [-0.3, -0.25) is 9.89 Å². The molecule has 1 aliphatic rings. The Kier molecular flexibility index (Phi) is 3.73. The van der Waals surface area contributed by atoms with Crippen molar-refractivity contribution in [3.05, 3.63) is 11.6 Å². The van der Waals surface area contributed by atoms with Crippen LogP contribution in [0.5, 0.6) is 0 Å². The lowest BCUT2D eigenvalue weighted by atomic mass is 9.97. The van der Waals surface area contributed by atoms with Gasteiger partial charge in [0.25, 0.3) is 5.91 Å². The van der Waals surface area contributed by atoms with Crippen LogP contribution >= 0.6 is 0 Å². The Morgan fingerprint density at radius 3 is 2.94 bits per heavy atom. The second-order valence-corrected chi connectivity index (χ2v) is 4.59. The van der Waals surface area contributed by atoms with Crippen molar-refractivity contribution >= 4 is 5.91 Å². The van der Waals surface area contributed by atoms with Gasteiger partial charge in [-0.15, -0.1) is 5.10 Å². The van der Waals surface area contributed by atoms with Crippen LogP contribution in [-0.4, -0.2) is 39.3 Å². The molecule has 1 aromatic rings. The van der Waals surface area contributed by atoms with E-state index in [9.17, 15) is 9.90 Å². The SMILES string of the molecule is Cc1nc(C(=O)NCC2CCCC2CO)n[nH]1. The molecule has 2 atom stereocenters. The molecule has 94 valence electrons. The summed E-state index contributed by atoms with van der Waals surface area (Å²) in [6.45, 7) is 2.56. The summed E-state index contributed by atoms with van der Waals surface area (Å²) in [5.41, 5.74) is 0. The van der Waals surface area contributed by atoms with E-state index in [1.165, 1.54) is 0 Å². The Bertz CT molecular complexity index is 391. The molecule has 0 saturated heterocycles. The van der Waals surface area contributed by atoms with E-state index in [2.05, 4.69) is 20.5 Å². The standard InChI is InChI=1S/C11H18N4O2/c1-7-13-10(15-14-7)11(17)12-5-8-3-2-4-9(8)6-16/h8-9,16H,2-6H2,1H3,(H,12,17)(H,13,14,15). The van der Waals surface area contributed by atoms with Crippen LogP contribution in [0.4, 0.5) is 0 Å². The van der Waals surface area contributed by atoms with E-state index < -0.39 is 0 Å². The third-order valence-corrected chi connectivity index (χ3v) is 3.38. The molecule has 1 heterocycles. The number of aliphatic hydroxyl groups is 1. The van der Waals surface area contributed by atoms with Gasteiger partial charge in [-0.1, -0.05) is 6.42 Å². The summed E-state index contributed by atoms with van der Waals surface area (Å²) >= 11 is 0. The van der Waals surface area contributed by atoms with Gasteiger partial charge in [0.15, 0.2) is 0 Å². The molecule has 0 bridgehead atoms. The number of aliphatic hydroxyl groups excluding tert-OH is 1. The van der Waals surface area contributed by atoms with Crippen molar-refractivity contribution in [3.8, 4) is 0 Å². The highest BCUT2D eigenvalue weighted by Crippen LogP contribution is 2.30. The zero-order valence-electron chi connectivity index (χ0n) is 9.94. The molecule has 0 aliphatic heterocycles. The molecule has 0 aromatic carbocycles. The first kappa shape index (κ1) is 12.0. The fourth-order valence-corrected chi connectivity index (χ4v) is 2.37. The highest BCUT2D eigenvalue weighted by atomic mass is 16.3. The first-order valence-electron chi connectivity index (χ1n) is 5.98. The Hall–Kier alpha value is -1.43. The van der Waals surface area contributed by atoms with Crippen molar-refractivity contribution in [1.82, 2.24) is 20.5 Å². The van der Waals surface area contributed by atoms with E-state index in [1.54, 1.807) is 6.92 Å². The van der Waals surface area contributed by atoms with E-state index in [1.807, 2.05) is 0 Å². The molecule has 2 unspecified atom stereocenters. The van der Waals surface area contributed by atoms with Gasteiger partial charge in [-0.05, 0) is 31.6 Å². The van der Waals surface area contributed by atoms with Crippen LogP contribution in [0.1, 0.15) is 35.7 Å². The van der Waals surface area contributed by atoms with E-state index in [-0.39, 0.29) is 18.3 Å². The minimum absolute atomic E-state index is 0.182. The average Bonchev–Trinajstić information content (AvgIpc) is 2.94. The van der Waals surface area contributed by atoms with Crippen LogP contribution in [0.25, 0.3) is 0 Å². The Labute approximate surface area is 99.8 Å². The quantitative estimate of drug-likeness (QED) is 0.701. The van der Waals surface area contributed by atoms with Gasteiger partial charge >= 0.3 is 0 Å². The Morgan fingerprint density at radius 1 is 1.53 bits per heavy atom. The van der Waals surface area contributed by atoms with Gasteiger partial charge in [0.1, 0.15) is 5.82 Å². The number of H-pyrrole nitrogens is 1. The van der Waals surface area contributed by atoms with Crippen LogP contribution < -0.4 is 5.32 Å². The van der Waals surface area contributed by atoms with E-state index in [0.29, 0.717) is 24.2 Å². The number of hydrogen-bond acceptors (Lipinski definition) is 4. The summed E-state index contributed by atoms with van der Waals surface area (Å²) in [4.78, 5) is 15.7. The van der Waals surface area contributed by atoms with Crippen molar-refractivity contribution in [2.24, 2.45) is 11.8 Å². The van der Waals surface area contributed by atoms with Crippen molar-refractivity contribution in [2.75, 3.05) is 13.2 Å². The second-order valence-electron chi connectivity index (χ2n) is 4.59. The summed E-state index contributed by atoms with van der Waals surface area (Å²) in [5, 5.41) is 18.4. The smallest absolute Gasteiger partial charge is 0.290 e. The summed E-state index contributed by atoms with van der Waals surface area (Å²) in [5.74, 6) is 1.26. The lowest BCUT2D eigenvalue weighted by molar-refractivity contribution is 0.0927. The average molecular weight is 238 g/mol. The molecule has 1 amide bonds. The minimum atomic E-state index is -0.252. The number of aromatic nitrogens is 3. The lowest BCUT2D eigenvalue weighted by Crippen LogP contribution is -2.32. The van der Waals surface area contributed by atoms with Gasteiger partial charge in [0, 0.05) is 13.2 Å². The Morgan fingerprint density at radius 2 is 2.29 bits per heavy atom. The number of hydrogen-bond donors (Lipinski definition) is 3. The monoisotopic (exact) mass is 238 g/mol. The highest BCUT2D eigenvalue weighted by Gasteiger charge is 2.27. The van der Waals surface area contributed by atoms with Crippen LogP contribution in [0, 0.1) is 18.8 Å². The molecule has 1 aromatic heterocycles. The molecule has 6 heteroatoms. The fraction of sp³-hybridized carbons (Fsp3) is 0.727. The maximum Gasteiger partial charge on any atom is 0.290 e. The molecule has 1 saturated carbocycles. The number of nitrogens with zero attached hydrogens (tertiary/aromatic N) is 2. The van der Waals surface area contributed by atoms with E-state index in [0.717, 1.165) is 19.3 Å². The first-order chi connectivity index (χ1) is 8.20. The highest BCUT2D eigenvalue weighted by molar-refractivity contribution is 5.90. The molecular weight excluding hydrogens is 220 g/mol. The molecule has 0 spiro atoms. The fourth-order valence-electron chi connectivity index (χ4n) is 2.37. The van der Waals surface area contributed by atoms with Crippen LogP contribution in [0.15, 0.2) is 0 Å².